The van der Waals surface area contributed by atoms with Gasteiger partial charge in [0.25, 0.3) is 0 Å². The first-order valence-electron chi connectivity index (χ1n) is 4.99. The summed E-state index contributed by atoms with van der Waals surface area (Å²) in [7, 11) is -4.44. The van der Waals surface area contributed by atoms with Gasteiger partial charge in [0, 0.05) is 12.1 Å². The molecule has 0 spiro atoms. The van der Waals surface area contributed by atoms with Crippen LogP contribution in [-0.2, 0) is 14.8 Å². The normalized spacial score (nSPS) is 12.9. The van der Waals surface area contributed by atoms with Crippen LogP contribution in [0.4, 0.5) is 10.1 Å². The lowest BCUT2D eigenvalue weighted by Gasteiger charge is -2.12. The topological polar surface area (TPSA) is 147 Å². The molecular weight excluding hydrogens is 299 g/mol. The summed E-state index contributed by atoms with van der Waals surface area (Å²) in [5.41, 5.74) is -0.916. The Bertz CT molecular complexity index is 646. The van der Waals surface area contributed by atoms with Crippen molar-refractivity contribution in [3.05, 3.63) is 34.1 Å². The molecule has 0 aromatic heterocycles. The van der Waals surface area contributed by atoms with E-state index >= 15 is 0 Å². The Kier molecular flexibility index (Phi) is 4.70. The van der Waals surface area contributed by atoms with Crippen LogP contribution in [0.1, 0.15) is 0 Å². The maximum Gasteiger partial charge on any atom is 0.324 e. The molecule has 0 saturated carbocycles. The minimum absolute atomic E-state index is 0.386. The zero-order valence-corrected chi connectivity index (χ0v) is 10.5. The molecule has 110 valence electrons. The zero-order chi connectivity index (χ0) is 15.5. The molecule has 0 heterocycles. The van der Waals surface area contributed by atoms with Gasteiger partial charge in [0.1, 0.15) is 6.04 Å². The van der Waals surface area contributed by atoms with E-state index in [0.29, 0.717) is 12.1 Å². The van der Waals surface area contributed by atoms with E-state index in [1.807, 2.05) is 0 Å². The largest absolute Gasteiger partial charge is 0.480 e. The predicted octanol–water partition coefficient (Wildman–Crippen LogP) is -0.542. The van der Waals surface area contributed by atoms with Crippen LogP contribution in [0.5, 0.6) is 0 Å². The van der Waals surface area contributed by atoms with Crippen LogP contribution < -0.4 is 4.72 Å². The van der Waals surface area contributed by atoms with Crippen LogP contribution in [0.15, 0.2) is 23.1 Å². The van der Waals surface area contributed by atoms with Crippen LogP contribution in [-0.4, -0.2) is 42.2 Å². The van der Waals surface area contributed by atoms with Gasteiger partial charge in [0.05, 0.1) is 16.4 Å². The molecule has 0 fully saturated rings. The van der Waals surface area contributed by atoms with Gasteiger partial charge in [-0.2, -0.15) is 9.11 Å². The molecule has 0 aliphatic heterocycles. The van der Waals surface area contributed by atoms with Gasteiger partial charge >= 0.3 is 11.7 Å². The van der Waals surface area contributed by atoms with E-state index in [4.69, 9.17) is 10.2 Å². The fourth-order valence-electron chi connectivity index (χ4n) is 1.22. The number of aliphatic hydroxyl groups is 1. The molecule has 0 aliphatic rings. The smallest absolute Gasteiger partial charge is 0.324 e. The lowest BCUT2D eigenvalue weighted by molar-refractivity contribution is -0.387. The van der Waals surface area contributed by atoms with E-state index in [2.05, 4.69) is 0 Å². The van der Waals surface area contributed by atoms with Crippen LogP contribution in [0.2, 0.25) is 0 Å². The molecule has 0 saturated heterocycles. The molecule has 11 heteroatoms. The number of halogens is 1. The Morgan fingerprint density at radius 1 is 1.50 bits per heavy atom. The maximum absolute atomic E-state index is 13.3. The highest BCUT2D eigenvalue weighted by Gasteiger charge is 2.26. The molecular formula is C9H9FN2O7S. The van der Waals surface area contributed by atoms with Crippen molar-refractivity contribution in [1.29, 1.82) is 0 Å². The van der Waals surface area contributed by atoms with Gasteiger partial charge in [-0.15, -0.1) is 0 Å². The molecule has 0 aliphatic carbocycles. The number of rotatable bonds is 6. The Balaban J connectivity index is 3.13. The first kappa shape index (κ1) is 15.9. The second-order valence-corrected chi connectivity index (χ2v) is 5.28. The highest BCUT2D eigenvalue weighted by atomic mass is 32.2. The monoisotopic (exact) mass is 308 g/mol. The standard InChI is InChI=1S/C9H9FN2O7S/c10-6-3-5(1-2-8(6)12(16)17)20(18,19)11-7(4-13)9(14)15/h1-3,7,11,13H,4H2,(H,14,15)/t7-/m0/s1. The minimum atomic E-state index is -4.44. The summed E-state index contributed by atoms with van der Waals surface area (Å²) < 4.78 is 38.4. The number of nitrogens with one attached hydrogen (secondary N) is 1. The Morgan fingerprint density at radius 3 is 2.50 bits per heavy atom. The fourth-order valence-corrected chi connectivity index (χ4v) is 2.42. The van der Waals surface area contributed by atoms with Crippen molar-refractivity contribution in [3.8, 4) is 0 Å². The molecule has 1 rings (SSSR count). The predicted molar refractivity (Wildman–Crippen MR) is 61.9 cm³/mol. The summed E-state index contributed by atoms with van der Waals surface area (Å²) in [5, 5.41) is 27.7. The number of benzene rings is 1. The number of hydrogen-bond donors (Lipinski definition) is 3. The summed E-state index contributed by atoms with van der Waals surface area (Å²) in [6, 6.07) is -0.0342. The van der Waals surface area contributed by atoms with E-state index in [0.717, 1.165) is 6.07 Å². The number of aliphatic hydroxyl groups excluding tert-OH is 1. The number of nitro groups is 1. The molecule has 1 atom stereocenters. The average Bonchev–Trinajstić information content (AvgIpc) is 2.35. The van der Waals surface area contributed by atoms with E-state index in [1.54, 1.807) is 4.72 Å². The number of hydrogen-bond acceptors (Lipinski definition) is 6. The number of sulfonamides is 1. The number of nitrogens with zero attached hydrogens (tertiary/aromatic N) is 1. The SMILES string of the molecule is O=C(O)[C@H](CO)NS(=O)(=O)c1ccc([N+](=O)[O-])c(F)c1. The van der Waals surface area contributed by atoms with Crippen molar-refractivity contribution >= 4 is 21.7 Å². The average molecular weight is 308 g/mol. The Labute approximate surface area is 111 Å². The lowest BCUT2D eigenvalue weighted by Crippen LogP contribution is -2.43. The molecule has 0 unspecified atom stereocenters. The highest BCUT2D eigenvalue weighted by molar-refractivity contribution is 7.89. The van der Waals surface area contributed by atoms with Crippen LogP contribution in [0.25, 0.3) is 0 Å². The van der Waals surface area contributed by atoms with Crippen LogP contribution >= 0.6 is 0 Å². The van der Waals surface area contributed by atoms with Crippen molar-refractivity contribution in [3.63, 3.8) is 0 Å². The van der Waals surface area contributed by atoms with Gasteiger partial charge < -0.3 is 10.2 Å². The van der Waals surface area contributed by atoms with E-state index in [-0.39, 0.29) is 0 Å². The van der Waals surface area contributed by atoms with Crippen molar-refractivity contribution in [1.82, 2.24) is 4.72 Å². The van der Waals surface area contributed by atoms with E-state index < -0.39 is 50.0 Å². The van der Waals surface area contributed by atoms with Gasteiger partial charge in [-0.1, -0.05) is 0 Å². The Morgan fingerprint density at radius 2 is 2.10 bits per heavy atom. The van der Waals surface area contributed by atoms with Gasteiger partial charge in [0.15, 0.2) is 0 Å². The Hall–Kier alpha value is -2.11. The van der Waals surface area contributed by atoms with E-state index in [9.17, 15) is 27.7 Å². The lowest BCUT2D eigenvalue weighted by atomic mass is 10.3. The summed E-state index contributed by atoms with van der Waals surface area (Å²) in [5.74, 6) is -3.01. The van der Waals surface area contributed by atoms with Crippen LogP contribution in [0.3, 0.4) is 0 Å². The molecule has 20 heavy (non-hydrogen) atoms. The number of carbonyl (C=O) groups is 1. The van der Waals surface area contributed by atoms with Gasteiger partial charge in [-0.25, -0.2) is 8.42 Å². The first-order chi connectivity index (χ1) is 9.19. The van der Waals surface area contributed by atoms with Crippen molar-refractivity contribution < 1.29 is 32.7 Å². The summed E-state index contributed by atoms with van der Waals surface area (Å²) in [6.45, 7) is -1.01. The zero-order valence-electron chi connectivity index (χ0n) is 9.69. The van der Waals surface area contributed by atoms with Gasteiger partial charge in [-0.3, -0.25) is 14.9 Å². The van der Waals surface area contributed by atoms with Crippen molar-refractivity contribution in [2.24, 2.45) is 0 Å². The first-order valence-corrected chi connectivity index (χ1v) is 6.47. The number of aliphatic carboxylic acids is 1. The molecule has 1 aromatic rings. The summed E-state index contributed by atoms with van der Waals surface area (Å²) in [6.07, 6.45) is 0. The number of carboxylic acid groups (broad SMARTS) is 1. The van der Waals surface area contributed by atoms with Crippen LogP contribution in [0, 0.1) is 15.9 Å². The third-order valence-electron chi connectivity index (χ3n) is 2.20. The summed E-state index contributed by atoms with van der Waals surface area (Å²) >= 11 is 0. The molecule has 0 bridgehead atoms. The third kappa shape index (κ3) is 3.46. The highest BCUT2D eigenvalue weighted by Crippen LogP contribution is 2.20. The number of carboxylic acids is 1. The number of nitro benzene ring substituents is 1. The van der Waals surface area contributed by atoms with Crippen molar-refractivity contribution in [2.45, 2.75) is 10.9 Å². The second-order valence-electron chi connectivity index (χ2n) is 3.57. The molecule has 0 radical (unpaired) electrons. The quantitative estimate of drug-likeness (QED) is 0.472. The minimum Gasteiger partial charge on any atom is -0.480 e. The molecule has 1 aromatic carbocycles. The van der Waals surface area contributed by atoms with E-state index in [1.165, 1.54) is 0 Å². The third-order valence-corrected chi connectivity index (χ3v) is 3.67. The van der Waals surface area contributed by atoms with Gasteiger partial charge in [0.2, 0.25) is 15.8 Å². The molecule has 0 amide bonds. The molecule has 9 nitrogen and oxygen atoms in total. The summed E-state index contributed by atoms with van der Waals surface area (Å²) in [4.78, 5) is 19.3. The maximum atomic E-state index is 13.3. The fraction of sp³-hybridized carbons (Fsp3) is 0.222. The van der Waals surface area contributed by atoms with Gasteiger partial charge in [-0.05, 0) is 6.07 Å². The second kappa shape index (κ2) is 5.90. The molecule has 3 N–H and O–H groups in total. The van der Waals surface area contributed by atoms with Crippen molar-refractivity contribution in [2.75, 3.05) is 6.61 Å².